The highest BCUT2D eigenvalue weighted by molar-refractivity contribution is 8.02. The third-order valence-electron chi connectivity index (χ3n) is 3.45. The Morgan fingerprint density at radius 2 is 2.04 bits per heavy atom. The monoisotopic (exact) mass is 364 g/mol. The summed E-state index contributed by atoms with van der Waals surface area (Å²) in [6.07, 6.45) is 2.26. The molecule has 2 rings (SSSR count). The molecule has 0 bridgehead atoms. The summed E-state index contributed by atoms with van der Waals surface area (Å²) in [7, 11) is 0. The van der Waals surface area contributed by atoms with Gasteiger partial charge in [-0.1, -0.05) is 66.3 Å². The Bertz CT molecular complexity index is 642. The third kappa shape index (κ3) is 6.13. The zero-order valence-electron chi connectivity index (χ0n) is 14.3. The maximum absolute atomic E-state index is 12.2. The predicted molar refractivity (Wildman–Crippen MR) is 102 cm³/mol. The lowest BCUT2D eigenvalue weighted by atomic mass is 10.1. The van der Waals surface area contributed by atoms with Gasteiger partial charge in [0.2, 0.25) is 11.0 Å². The fourth-order valence-corrected chi connectivity index (χ4v) is 3.89. The molecule has 0 aliphatic rings. The van der Waals surface area contributed by atoms with Crippen molar-refractivity contribution in [3.63, 3.8) is 0 Å². The van der Waals surface area contributed by atoms with Crippen LogP contribution in [0.5, 0.6) is 0 Å². The quantitative estimate of drug-likeness (QED) is 0.522. The molecule has 0 aliphatic heterocycles. The molecule has 0 saturated carbocycles. The van der Waals surface area contributed by atoms with Crippen LogP contribution in [0.1, 0.15) is 37.8 Å². The number of aryl methyl sites for hydroxylation is 1. The number of unbranched alkanes of at least 4 members (excludes halogenated alkanes) is 1. The van der Waals surface area contributed by atoms with Crippen molar-refractivity contribution in [2.45, 2.75) is 49.7 Å². The van der Waals surface area contributed by atoms with Gasteiger partial charge in [0.1, 0.15) is 0 Å². The molecule has 5 nitrogen and oxygen atoms in total. The molecule has 0 radical (unpaired) electrons. The minimum atomic E-state index is -0.202. The molecule has 0 aliphatic carbocycles. The van der Waals surface area contributed by atoms with Crippen LogP contribution in [0.25, 0.3) is 0 Å². The summed E-state index contributed by atoms with van der Waals surface area (Å²) >= 11 is 2.94. The number of nitrogens with zero attached hydrogens (tertiary/aromatic N) is 2. The standard InChI is InChI=1S/C17H24N4OS2/c1-4-5-10-18-16-20-21-17(24-16)23-13(3)15(22)19-11-14-8-6-12(2)7-9-14/h6-9,13H,4-5,10-11H2,1-3H3,(H,18,20)(H,19,22)/t13-/m0/s1. The van der Waals surface area contributed by atoms with Crippen LogP contribution < -0.4 is 10.6 Å². The van der Waals surface area contributed by atoms with E-state index in [2.05, 4.69) is 34.7 Å². The van der Waals surface area contributed by atoms with Crippen LogP contribution in [0, 0.1) is 6.92 Å². The zero-order valence-corrected chi connectivity index (χ0v) is 16.0. The number of rotatable bonds is 9. The van der Waals surface area contributed by atoms with E-state index < -0.39 is 0 Å². The Labute approximate surface area is 151 Å². The van der Waals surface area contributed by atoms with E-state index in [-0.39, 0.29) is 11.2 Å². The summed E-state index contributed by atoms with van der Waals surface area (Å²) < 4.78 is 0.812. The fourth-order valence-electron chi connectivity index (χ4n) is 1.94. The van der Waals surface area contributed by atoms with Gasteiger partial charge in [-0.25, -0.2) is 0 Å². The average molecular weight is 365 g/mol. The first-order valence-electron chi connectivity index (χ1n) is 8.15. The minimum Gasteiger partial charge on any atom is -0.360 e. The Balaban J connectivity index is 1.77. The first kappa shape index (κ1) is 18.7. The first-order valence-corrected chi connectivity index (χ1v) is 9.85. The fraction of sp³-hybridized carbons (Fsp3) is 0.471. The highest BCUT2D eigenvalue weighted by atomic mass is 32.2. The number of nitrogens with one attached hydrogen (secondary N) is 2. The van der Waals surface area contributed by atoms with E-state index in [1.54, 1.807) is 0 Å². The molecule has 0 unspecified atom stereocenters. The average Bonchev–Trinajstić information content (AvgIpc) is 3.01. The van der Waals surface area contributed by atoms with Crippen LogP contribution in [-0.2, 0) is 11.3 Å². The van der Waals surface area contributed by atoms with Gasteiger partial charge in [-0.15, -0.1) is 10.2 Å². The number of benzene rings is 1. The molecule has 2 aromatic rings. The van der Waals surface area contributed by atoms with Gasteiger partial charge in [-0.2, -0.15) is 0 Å². The molecular weight excluding hydrogens is 340 g/mol. The molecule has 2 N–H and O–H groups in total. The Morgan fingerprint density at radius 1 is 1.29 bits per heavy atom. The molecule has 0 saturated heterocycles. The van der Waals surface area contributed by atoms with Crippen molar-refractivity contribution in [2.75, 3.05) is 11.9 Å². The van der Waals surface area contributed by atoms with E-state index in [4.69, 9.17) is 0 Å². The number of hydrogen-bond donors (Lipinski definition) is 2. The van der Waals surface area contributed by atoms with Crippen molar-refractivity contribution in [1.29, 1.82) is 0 Å². The number of anilines is 1. The molecule has 1 amide bonds. The van der Waals surface area contributed by atoms with Crippen molar-refractivity contribution < 1.29 is 4.79 Å². The van der Waals surface area contributed by atoms with Crippen molar-refractivity contribution in [3.05, 3.63) is 35.4 Å². The van der Waals surface area contributed by atoms with Gasteiger partial charge in [-0.05, 0) is 25.8 Å². The summed E-state index contributed by atoms with van der Waals surface area (Å²) in [6.45, 7) is 7.54. The van der Waals surface area contributed by atoms with E-state index >= 15 is 0 Å². The Kier molecular flexibility index (Phi) is 7.52. The van der Waals surface area contributed by atoms with Crippen LogP contribution in [0.3, 0.4) is 0 Å². The van der Waals surface area contributed by atoms with Crippen molar-refractivity contribution in [3.8, 4) is 0 Å². The summed E-state index contributed by atoms with van der Waals surface area (Å²) in [6, 6.07) is 8.17. The van der Waals surface area contributed by atoms with Gasteiger partial charge in [0.15, 0.2) is 4.34 Å². The normalized spacial score (nSPS) is 12.0. The zero-order chi connectivity index (χ0) is 17.4. The van der Waals surface area contributed by atoms with Crippen LogP contribution in [-0.4, -0.2) is 27.9 Å². The molecular formula is C17H24N4OS2. The van der Waals surface area contributed by atoms with Gasteiger partial charge in [0.05, 0.1) is 5.25 Å². The maximum Gasteiger partial charge on any atom is 0.233 e. The number of hydrogen-bond acceptors (Lipinski definition) is 6. The first-order chi connectivity index (χ1) is 11.6. The minimum absolute atomic E-state index is 0.0104. The lowest BCUT2D eigenvalue weighted by Crippen LogP contribution is -2.30. The number of carbonyl (C=O) groups is 1. The molecule has 1 aromatic carbocycles. The number of carbonyl (C=O) groups excluding carboxylic acids is 1. The second kappa shape index (κ2) is 9.64. The number of thioether (sulfide) groups is 1. The van der Waals surface area contributed by atoms with E-state index in [9.17, 15) is 4.79 Å². The van der Waals surface area contributed by atoms with Crippen molar-refractivity contribution in [2.24, 2.45) is 0 Å². The molecule has 0 fully saturated rings. The molecule has 24 heavy (non-hydrogen) atoms. The maximum atomic E-state index is 12.2. The van der Waals surface area contributed by atoms with Crippen molar-refractivity contribution >= 4 is 34.1 Å². The van der Waals surface area contributed by atoms with Crippen molar-refractivity contribution in [1.82, 2.24) is 15.5 Å². The lowest BCUT2D eigenvalue weighted by molar-refractivity contribution is -0.120. The summed E-state index contributed by atoms with van der Waals surface area (Å²) in [4.78, 5) is 12.2. The smallest absolute Gasteiger partial charge is 0.233 e. The second-order valence-corrected chi connectivity index (χ2v) is 8.18. The topological polar surface area (TPSA) is 66.9 Å². The van der Waals surface area contributed by atoms with Gasteiger partial charge in [0.25, 0.3) is 0 Å². The molecule has 7 heteroatoms. The molecule has 130 valence electrons. The molecule has 1 heterocycles. The van der Waals surface area contributed by atoms with Crippen LogP contribution in [0.2, 0.25) is 0 Å². The van der Waals surface area contributed by atoms with Crippen LogP contribution in [0.15, 0.2) is 28.6 Å². The highest BCUT2D eigenvalue weighted by Crippen LogP contribution is 2.28. The van der Waals surface area contributed by atoms with E-state index in [1.807, 2.05) is 31.2 Å². The van der Waals surface area contributed by atoms with E-state index in [0.717, 1.165) is 34.4 Å². The predicted octanol–water partition coefficient (Wildman–Crippen LogP) is 3.86. The molecule has 1 atom stereocenters. The van der Waals surface area contributed by atoms with Gasteiger partial charge < -0.3 is 10.6 Å². The van der Waals surface area contributed by atoms with Gasteiger partial charge in [0, 0.05) is 13.1 Å². The highest BCUT2D eigenvalue weighted by Gasteiger charge is 2.16. The molecule has 0 spiro atoms. The van der Waals surface area contributed by atoms with E-state index in [0.29, 0.717) is 6.54 Å². The number of amides is 1. The Hall–Kier alpha value is -1.60. The van der Waals surface area contributed by atoms with E-state index in [1.165, 1.54) is 28.7 Å². The molecule has 1 aromatic heterocycles. The van der Waals surface area contributed by atoms with Crippen LogP contribution >= 0.6 is 23.1 Å². The SMILES string of the molecule is CCCCNc1nnc(S[C@@H](C)C(=O)NCc2ccc(C)cc2)s1. The number of aromatic nitrogens is 2. The van der Waals surface area contributed by atoms with Crippen LogP contribution in [0.4, 0.5) is 5.13 Å². The summed E-state index contributed by atoms with van der Waals surface area (Å²) in [5.74, 6) is 0.0104. The second-order valence-electron chi connectivity index (χ2n) is 5.62. The summed E-state index contributed by atoms with van der Waals surface area (Å²) in [5, 5.41) is 15.1. The van der Waals surface area contributed by atoms with Gasteiger partial charge in [-0.3, -0.25) is 4.79 Å². The Morgan fingerprint density at radius 3 is 2.75 bits per heavy atom. The third-order valence-corrected chi connectivity index (χ3v) is 5.51. The largest absolute Gasteiger partial charge is 0.360 e. The summed E-state index contributed by atoms with van der Waals surface area (Å²) in [5.41, 5.74) is 2.32. The lowest BCUT2D eigenvalue weighted by Gasteiger charge is -2.10. The van der Waals surface area contributed by atoms with Gasteiger partial charge >= 0.3 is 0 Å².